The molecule has 0 unspecified atom stereocenters. The smallest absolute Gasteiger partial charge is 0.253 e. The second-order valence-corrected chi connectivity index (χ2v) is 9.49. The Morgan fingerprint density at radius 3 is 2.44 bits per heavy atom. The maximum atomic E-state index is 12.4. The Hall–Kier alpha value is -3.46. The third-order valence-corrected chi connectivity index (χ3v) is 6.02. The van der Waals surface area contributed by atoms with Gasteiger partial charge in [0.1, 0.15) is 5.01 Å². The number of aryl methyl sites for hydroxylation is 1. The maximum absolute atomic E-state index is 12.4. The molecule has 164 valence electrons. The van der Waals surface area contributed by atoms with Crippen molar-refractivity contribution in [3.8, 4) is 22.5 Å². The average Bonchev–Trinajstić information content (AvgIpc) is 3.44. The first-order chi connectivity index (χ1) is 15.3. The number of tetrazole rings is 1. The largest absolute Gasteiger partial charge is 0.272 e. The van der Waals surface area contributed by atoms with Gasteiger partial charge in [-0.2, -0.15) is 10.1 Å². The summed E-state index contributed by atoms with van der Waals surface area (Å²) in [5, 5.41) is 19.8. The van der Waals surface area contributed by atoms with Crippen LogP contribution in [0.1, 0.15) is 38.3 Å². The Bertz CT molecular complexity index is 1280. The van der Waals surface area contributed by atoms with Crippen molar-refractivity contribution < 1.29 is 4.79 Å². The standard InChI is InChI=1S/C23H25N7OS/c1-5-19-27-30(22(32-19)24-21(31)23(2,3)4)14-15-10-12-16(13-11-15)17-8-6-7-9-18(17)20-25-28-29-26-20/h6-13H,5,14H2,1-4H3,(H,25,26,28,29). The number of carbonyl (C=O) groups is 1. The number of nitrogens with one attached hydrogen (secondary N) is 1. The molecule has 8 nitrogen and oxygen atoms in total. The SMILES string of the molecule is CCc1nn(Cc2ccc(-c3ccccc3-c3nnn[nH]3)cc2)c(=NC(=O)C(C)(C)C)s1. The molecule has 1 amide bonds. The Morgan fingerprint density at radius 2 is 1.81 bits per heavy atom. The predicted molar refractivity (Wildman–Crippen MR) is 124 cm³/mol. The molecule has 4 aromatic rings. The van der Waals surface area contributed by atoms with E-state index in [1.807, 2.05) is 49.7 Å². The summed E-state index contributed by atoms with van der Waals surface area (Å²) in [7, 11) is 0. The van der Waals surface area contributed by atoms with Crippen molar-refractivity contribution in [1.82, 2.24) is 30.4 Å². The molecule has 2 aromatic heterocycles. The van der Waals surface area contributed by atoms with Gasteiger partial charge >= 0.3 is 0 Å². The summed E-state index contributed by atoms with van der Waals surface area (Å²) in [5.74, 6) is 0.482. The van der Waals surface area contributed by atoms with E-state index >= 15 is 0 Å². The Morgan fingerprint density at radius 1 is 1.09 bits per heavy atom. The molecule has 0 bridgehead atoms. The van der Waals surface area contributed by atoms with Crippen LogP contribution >= 0.6 is 11.3 Å². The van der Waals surface area contributed by atoms with Crippen molar-refractivity contribution >= 4 is 17.2 Å². The molecule has 9 heteroatoms. The molecule has 2 heterocycles. The first kappa shape index (κ1) is 21.8. The number of rotatable bonds is 5. The number of amides is 1. The lowest BCUT2D eigenvalue weighted by molar-refractivity contribution is -0.125. The first-order valence-electron chi connectivity index (χ1n) is 10.4. The number of carbonyl (C=O) groups excluding carboxylic acids is 1. The Labute approximate surface area is 190 Å². The van der Waals surface area contributed by atoms with E-state index in [2.05, 4.69) is 61.9 Å². The highest BCUT2D eigenvalue weighted by Gasteiger charge is 2.21. The Kier molecular flexibility index (Phi) is 6.09. The molecular formula is C23H25N7OS. The van der Waals surface area contributed by atoms with Crippen molar-refractivity contribution in [1.29, 1.82) is 0 Å². The van der Waals surface area contributed by atoms with Crippen molar-refractivity contribution in [2.45, 2.75) is 40.7 Å². The van der Waals surface area contributed by atoms with Crippen LogP contribution in [0.2, 0.25) is 0 Å². The van der Waals surface area contributed by atoms with Gasteiger partial charge in [-0.3, -0.25) is 4.79 Å². The fraction of sp³-hybridized carbons (Fsp3) is 0.304. The third kappa shape index (κ3) is 4.72. The highest BCUT2D eigenvalue weighted by Crippen LogP contribution is 2.29. The lowest BCUT2D eigenvalue weighted by Crippen LogP contribution is -2.24. The van der Waals surface area contributed by atoms with Crippen LogP contribution in [0, 0.1) is 5.41 Å². The van der Waals surface area contributed by atoms with E-state index in [4.69, 9.17) is 0 Å². The quantitative estimate of drug-likeness (QED) is 0.500. The van der Waals surface area contributed by atoms with Crippen LogP contribution < -0.4 is 4.80 Å². The monoisotopic (exact) mass is 447 g/mol. The van der Waals surface area contributed by atoms with Crippen molar-refractivity contribution in [3.05, 3.63) is 63.9 Å². The van der Waals surface area contributed by atoms with E-state index in [1.165, 1.54) is 11.3 Å². The zero-order valence-electron chi connectivity index (χ0n) is 18.5. The zero-order chi connectivity index (χ0) is 22.7. The topological polar surface area (TPSA) is 102 Å². The first-order valence-corrected chi connectivity index (χ1v) is 11.2. The van der Waals surface area contributed by atoms with Crippen LogP contribution in [0.4, 0.5) is 0 Å². The molecule has 0 aliphatic carbocycles. The van der Waals surface area contributed by atoms with Gasteiger partial charge in [-0.25, -0.2) is 9.78 Å². The number of aromatic amines is 1. The fourth-order valence-electron chi connectivity index (χ4n) is 3.11. The van der Waals surface area contributed by atoms with Crippen LogP contribution in [0.15, 0.2) is 53.5 Å². The summed E-state index contributed by atoms with van der Waals surface area (Å²) in [5.41, 5.74) is 3.59. The number of hydrogen-bond acceptors (Lipinski definition) is 6. The summed E-state index contributed by atoms with van der Waals surface area (Å²) >= 11 is 1.47. The number of benzene rings is 2. The number of hydrogen-bond donors (Lipinski definition) is 1. The second-order valence-electron chi connectivity index (χ2n) is 8.45. The van der Waals surface area contributed by atoms with Crippen LogP contribution in [0.3, 0.4) is 0 Å². The molecule has 0 aliphatic rings. The molecule has 2 aromatic carbocycles. The number of H-pyrrole nitrogens is 1. The van der Waals surface area contributed by atoms with Crippen LogP contribution in [-0.2, 0) is 17.8 Å². The second kappa shape index (κ2) is 8.96. The summed E-state index contributed by atoms with van der Waals surface area (Å²) < 4.78 is 1.82. The van der Waals surface area contributed by atoms with Crippen LogP contribution in [-0.4, -0.2) is 36.3 Å². The van der Waals surface area contributed by atoms with Crippen molar-refractivity contribution in [2.24, 2.45) is 10.4 Å². The third-order valence-electron chi connectivity index (χ3n) is 4.93. The lowest BCUT2D eigenvalue weighted by Gasteiger charge is -2.11. The van der Waals surface area contributed by atoms with Gasteiger partial charge in [-0.05, 0) is 33.5 Å². The highest BCUT2D eigenvalue weighted by atomic mass is 32.1. The van der Waals surface area contributed by atoms with Crippen LogP contribution in [0.25, 0.3) is 22.5 Å². The fourth-order valence-corrected chi connectivity index (χ4v) is 3.95. The van der Waals surface area contributed by atoms with Gasteiger partial charge in [0.25, 0.3) is 5.91 Å². The van der Waals surface area contributed by atoms with Gasteiger partial charge in [-0.1, -0.05) is 87.6 Å². The van der Waals surface area contributed by atoms with E-state index in [9.17, 15) is 4.79 Å². The zero-order valence-corrected chi connectivity index (χ0v) is 19.3. The minimum atomic E-state index is -0.526. The minimum Gasteiger partial charge on any atom is -0.272 e. The number of nitrogens with zero attached hydrogens (tertiary/aromatic N) is 6. The Balaban J connectivity index is 1.63. The average molecular weight is 448 g/mol. The van der Waals surface area contributed by atoms with E-state index in [0.717, 1.165) is 33.7 Å². The van der Waals surface area contributed by atoms with Gasteiger partial charge in [0.2, 0.25) is 4.80 Å². The molecule has 0 fully saturated rings. The molecular weight excluding hydrogens is 422 g/mol. The maximum Gasteiger partial charge on any atom is 0.253 e. The number of aromatic nitrogens is 6. The van der Waals surface area contributed by atoms with Gasteiger partial charge < -0.3 is 0 Å². The molecule has 1 N–H and O–H groups in total. The summed E-state index contributed by atoms with van der Waals surface area (Å²) in [6, 6.07) is 16.3. The molecule has 0 spiro atoms. The van der Waals surface area contributed by atoms with E-state index in [-0.39, 0.29) is 5.91 Å². The van der Waals surface area contributed by atoms with E-state index in [1.54, 1.807) is 0 Å². The van der Waals surface area contributed by atoms with Gasteiger partial charge in [0, 0.05) is 11.0 Å². The van der Waals surface area contributed by atoms with Crippen LogP contribution in [0.5, 0.6) is 0 Å². The van der Waals surface area contributed by atoms with Gasteiger partial charge in [-0.15, -0.1) is 5.10 Å². The van der Waals surface area contributed by atoms with E-state index < -0.39 is 5.41 Å². The molecule has 32 heavy (non-hydrogen) atoms. The predicted octanol–water partition coefficient (Wildman–Crippen LogP) is 3.88. The van der Waals surface area contributed by atoms with Crippen molar-refractivity contribution in [3.63, 3.8) is 0 Å². The normalized spacial score (nSPS) is 12.3. The molecule has 0 aliphatic heterocycles. The van der Waals surface area contributed by atoms with E-state index in [0.29, 0.717) is 17.2 Å². The van der Waals surface area contributed by atoms with Crippen molar-refractivity contribution in [2.75, 3.05) is 0 Å². The van der Waals surface area contributed by atoms with Gasteiger partial charge in [0.05, 0.1) is 6.54 Å². The lowest BCUT2D eigenvalue weighted by atomic mass is 9.96. The summed E-state index contributed by atoms with van der Waals surface area (Å²) in [6.45, 7) is 8.21. The highest BCUT2D eigenvalue weighted by molar-refractivity contribution is 7.08. The molecule has 4 rings (SSSR count). The molecule has 0 saturated heterocycles. The summed E-state index contributed by atoms with van der Waals surface area (Å²) in [6.07, 6.45) is 0.802. The molecule has 0 radical (unpaired) electrons. The molecule has 0 saturated carbocycles. The minimum absolute atomic E-state index is 0.147. The summed E-state index contributed by atoms with van der Waals surface area (Å²) in [4.78, 5) is 17.4. The van der Waals surface area contributed by atoms with Gasteiger partial charge in [0.15, 0.2) is 5.82 Å². The molecule has 0 atom stereocenters.